The largest absolute Gasteiger partial charge is 0.347 e. The summed E-state index contributed by atoms with van der Waals surface area (Å²) in [6, 6.07) is 14.9. The first-order chi connectivity index (χ1) is 29.8. The molecule has 2 aliphatic rings. The van der Waals surface area contributed by atoms with Gasteiger partial charge in [-0.1, -0.05) is 50.2 Å². The molecular weight excluding hydrogens is 803 g/mol. The number of benzene rings is 2. The van der Waals surface area contributed by atoms with Crippen molar-refractivity contribution in [3.05, 3.63) is 101 Å². The van der Waals surface area contributed by atoms with Crippen LogP contribution in [-0.2, 0) is 32.1 Å². The van der Waals surface area contributed by atoms with Crippen LogP contribution in [0.3, 0.4) is 0 Å². The number of nitrogens with zero attached hydrogens (tertiary/aromatic N) is 7. The lowest BCUT2D eigenvalue weighted by atomic mass is 9.98. The Labute approximate surface area is 368 Å². The van der Waals surface area contributed by atoms with E-state index in [1.165, 1.54) is 14.7 Å². The molecule has 1 fully saturated rings. The Hall–Kier alpha value is -6.91. The number of hydrogen-bond donors (Lipinski definition) is 4. The lowest BCUT2D eigenvalue weighted by Gasteiger charge is -2.35. The van der Waals surface area contributed by atoms with Gasteiger partial charge in [0.05, 0.1) is 18.4 Å². The molecule has 3 atom stereocenters. The van der Waals surface area contributed by atoms with Crippen LogP contribution in [0.5, 0.6) is 0 Å². The van der Waals surface area contributed by atoms with Crippen LogP contribution in [0.1, 0.15) is 73.3 Å². The fourth-order valence-electron chi connectivity index (χ4n) is 7.63. The van der Waals surface area contributed by atoms with Gasteiger partial charge in [0.2, 0.25) is 29.6 Å². The molecule has 0 aliphatic carbocycles. The van der Waals surface area contributed by atoms with Gasteiger partial charge in [-0.2, -0.15) is 4.98 Å². The van der Waals surface area contributed by atoms with Crippen molar-refractivity contribution in [1.29, 1.82) is 0 Å². The molecule has 2 aromatic heterocycles. The van der Waals surface area contributed by atoms with Gasteiger partial charge < -0.3 is 31.1 Å². The van der Waals surface area contributed by atoms with Crippen molar-refractivity contribution >= 4 is 58.7 Å². The Morgan fingerprint density at radius 3 is 2.33 bits per heavy atom. The van der Waals surface area contributed by atoms with E-state index in [2.05, 4.69) is 36.2 Å². The van der Waals surface area contributed by atoms with Crippen molar-refractivity contribution in [2.75, 3.05) is 42.8 Å². The number of amides is 7. The highest BCUT2D eigenvalue weighted by Crippen LogP contribution is 2.33. The quantitative estimate of drug-likeness (QED) is 0.142. The summed E-state index contributed by atoms with van der Waals surface area (Å²) in [6.45, 7) is 10.9. The lowest BCUT2D eigenvalue weighted by molar-refractivity contribution is -0.142. The fourth-order valence-corrected chi connectivity index (χ4v) is 7.63. The predicted octanol–water partition coefficient (Wildman–Crippen LogP) is 4.26. The molecule has 1 unspecified atom stereocenters. The Kier molecular flexibility index (Phi) is 13.8. The maximum absolute atomic E-state index is 14.5. The summed E-state index contributed by atoms with van der Waals surface area (Å²) in [5.74, 6) is -1.78. The number of aryl methyl sites for hydroxylation is 2. The SMILES string of the molecule is Cc1ccc(Nc2ncc3c(n2)N(C)C(=O)N(c2cc(C(=O)N[C@@H](Cc4ccccc4)C(=O)N4CCCC4C(=O)NC(C)(C)C(=O)N[C@H](C(=O)N(C)C)C(C)C)ccc2C)C3)cn1. The van der Waals surface area contributed by atoms with E-state index >= 15 is 0 Å². The fraction of sp³-hybridized carbons (Fsp3) is 0.413. The summed E-state index contributed by atoms with van der Waals surface area (Å²) in [7, 11) is 4.85. The van der Waals surface area contributed by atoms with Crippen LogP contribution in [0, 0.1) is 19.8 Å². The van der Waals surface area contributed by atoms with Crippen LogP contribution in [0.4, 0.5) is 27.9 Å². The summed E-state index contributed by atoms with van der Waals surface area (Å²) in [4.78, 5) is 102. The molecule has 332 valence electrons. The van der Waals surface area contributed by atoms with Gasteiger partial charge in [-0.05, 0) is 81.8 Å². The third-order valence-corrected chi connectivity index (χ3v) is 11.3. The molecule has 4 N–H and O–H groups in total. The van der Waals surface area contributed by atoms with E-state index in [9.17, 15) is 28.8 Å². The number of carbonyl (C=O) groups excluding carboxylic acids is 6. The van der Waals surface area contributed by atoms with Gasteiger partial charge >= 0.3 is 6.03 Å². The zero-order valence-corrected chi connectivity index (χ0v) is 37.4. The molecule has 0 saturated carbocycles. The standard InChI is InChI=1S/C46H57N11O6/c1-27(2)37(42(61)54(7)8)51-43(62)46(5,6)53-40(59)35-16-13-21-56(35)41(60)34(22-30-14-11-10-12-15-30)50-39(58)31-19-17-28(3)36(23-31)57-26-32-24-48-44(52-38(32)55(9)45(57)63)49-33-20-18-29(4)47-25-33/h10-12,14-15,17-20,23-25,27,34-35,37H,13,16,21-22,26H2,1-9H3,(H,50,58)(H,51,62)(H,53,59)(H,48,49,52)/t34-,35?,37-/m0/s1. The maximum atomic E-state index is 14.5. The third kappa shape index (κ3) is 10.4. The highest BCUT2D eigenvalue weighted by molar-refractivity contribution is 6.07. The number of aromatic nitrogens is 3. The lowest BCUT2D eigenvalue weighted by Crippen LogP contribution is -2.62. The minimum absolute atomic E-state index is 0.142. The van der Waals surface area contributed by atoms with E-state index in [0.29, 0.717) is 41.5 Å². The first-order valence-corrected chi connectivity index (χ1v) is 21.1. The van der Waals surface area contributed by atoms with Gasteiger partial charge in [-0.15, -0.1) is 0 Å². The van der Waals surface area contributed by atoms with Gasteiger partial charge in [-0.3, -0.25) is 38.8 Å². The molecule has 17 heteroatoms. The van der Waals surface area contributed by atoms with Gasteiger partial charge in [-0.25, -0.2) is 9.78 Å². The van der Waals surface area contributed by atoms with Crippen LogP contribution >= 0.6 is 0 Å². The van der Waals surface area contributed by atoms with Gasteiger partial charge in [0, 0.05) is 62.8 Å². The van der Waals surface area contributed by atoms with E-state index in [1.807, 2.05) is 70.2 Å². The number of rotatable bonds is 14. The van der Waals surface area contributed by atoms with Crippen LogP contribution in [0.2, 0.25) is 0 Å². The second-order valence-corrected chi connectivity index (χ2v) is 17.2. The van der Waals surface area contributed by atoms with Crippen molar-refractivity contribution in [1.82, 2.24) is 40.7 Å². The molecule has 4 aromatic rings. The number of likely N-dealkylation sites (N-methyl/N-ethyl adjacent to an activating group) is 1. The molecular formula is C46H57N11O6. The van der Waals surface area contributed by atoms with Crippen molar-refractivity contribution in [3.8, 4) is 0 Å². The molecule has 17 nitrogen and oxygen atoms in total. The monoisotopic (exact) mass is 859 g/mol. The zero-order chi connectivity index (χ0) is 45.7. The maximum Gasteiger partial charge on any atom is 0.330 e. The molecule has 2 aromatic carbocycles. The molecule has 0 spiro atoms. The number of carbonyl (C=O) groups is 6. The average Bonchev–Trinajstić information content (AvgIpc) is 3.75. The predicted molar refractivity (Wildman–Crippen MR) is 239 cm³/mol. The highest BCUT2D eigenvalue weighted by Gasteiger charge is 2.42. The van der Waals surface area contributed by atoms with Crippen molar-refractivity contribution in [2.45, 2.75) is 91.0 Å². The number of likely N-dealkylation sites (tertiary alicyclic amines) is 1. The Morgan fingerprint density at radius 1 is 0.937 bits per heavy atom. The minimum Gasteiger partial charge on any atom is -0.347 e. The zero-order valence-electron chi connectivity index (χ0n) is 37.4. The average molecular weight is 860 g/mol. The summed E-state index contributed by atoms with van der Waals surface area (Å²) in [5, 5.41) is 11.7. The molecule has 0 radical (unpaired) electrons. The van der Waals surface area contributed by atoms with E-state index < -0.39 is 47.3 Å². The smallest absolute Gasteiger partial charge is 0.330 e. The summed E-state index contributed by atoms with van der Waals surface area (Å²) in [5.41, 5.74) is 3.10. The second-order valence-electron chi connectivity index (χ2n) is 17.2. The highest BCUT2D eigenvalue weighted by atomic mass is 16.2. The van der Waals surface area contributed by atoms with Gasteiger partial charge in [0.25, 0.3) is 5.91 Å². The molecule has 2 aliphatic heterocycles. The first-order valence-electron chi connectivity index (χ1n) is 21.1. The van der Waals surface area contributed by atoms with E-state index in [1.54, 1.807) is 70.5 Å². The van der Waals surface area contributed by atoms with Crippen LogP contribution in [0.25, 0.3) is 0 Å². The van der Waals surface area contributed by atoms with Crippen molar-refractivity contribution in [3.63, 3.8) is 0 Å². The van der Waals surface area contributed by atoms with Crippen LogP contribution in [0.15, 0.2) is 73.1 Å². The van der Waals surface area contributed by atoms with Gasteiger partial charge in [0.15, 0.2) is 0 Å². The van der Waals surface area contributed by atoms with E-state index in [-0.39, 0.29) is 42.9 Å². The molecule has 63 heavy (non-hydrogen) atoms. The van der Waals surface area contributed by atoms with Crippen LogP contribution < -0.4 is 31.1 Å². The number of hydrogen-bond acceptors (Lipinski definition) is 10. The summed E-state index contributed by atoms with van der Waals surface area (Å²) < 4.78 is 0. The molecule has 1 saturated heterocycles. The Bertz CT molecular complexity index is 2370. The molecule has 4 heterocycles. The van der Waals surface area contributed by atoms with E-state index in [4.69, 9.17) is 0 Å². The van der Waals surface area contributed by atoms with E-state index in [0.717, 1.165) is 16.8 Å². The number of fused-ring (bicyclic) bond motifs is 1. The van der Waals surface area contributed by atoms with Crippen molar-refractivity contribution < 1.29 is 28.8 Å². The number of nitrogens with one attached hydrogen (secondary N) is 4. The molecule has 7 amide bonds. The van der Waals surface area contributed by atoms with Gasteiger partial charge in [0.1, 0.15) is 29.5 Å². The summed E-state index contributed by atoms with van der Waals surface area (Å²) >= 11 is 0. The summed E-state index contributed by atoms with van der Waals surface area (Å²) in [6.07, 6.45) is 4.36. The topological polar surface area (TPSA) is 202 Å². The first kappa shape index (κ1) is 45.6. The van der Waals surface area contributed by atoms with Crippen molar-refractivity contribution in [2.24, 2.45) is 5.92 Å². The van der Waals surface area contributed by atoms with Crippen LogP contribution in [-0.4, -0.2) is 112 Å². The molecule has 0 bridgehead atoms. The third-order valence-electron chi connectivity index (χ3n) is 11.3. The number of urea groups is 1. The minimum atomic E-state index is -1.42. The number of anilines is 4. The Balaban J connectivity index is 1.19. The number of pyridine rings is 1. The second kappa shape index (κ2) is 19.0. The molecule has 6 rings (SSSR count). The normalized spacial score (nSPS) is 15.9. The Morgan fingerprint density at radius 2 is 1.67 bits per heavy atom.